The lowest BCUT2D eigenvalue weighted by molar-refractivity contribution is 0.0601. The third-order valence-corrected chi connectivity index (χ3v) is 7.24. The summed E-state index contributed by atoms with van der Waals surface area (Å²) >= 11 is 5.82. The van der Waals surface area contributed by atoms with Gasteiger partial charge in [0.15, 0.2) is 5.82 Å². The van der Waals surface area contributed by atoms with Crippen LogP contribution >= 0.6 is 11.6 Å². The fourth-order valence-corrected chi connectivity index (χ4v) is 5.09. The number of aromatic nitrogens is 6. The van der Waals surface area contributed by atoms with Crippen molar-refractivity contribution in [2.45, 2.75) is 32.8 Å². The van der Waals surface area contributed by atoms with Crippen LogP contribution in [0.2, 0.25) is 5.02 Å². The molecule has 2 aromatic carbocycles. The molecule has 0 fully saturated rings. The fourth-order valence-electron chi connectivity index (χ4n) is 4.93. The number of ether oxygens (including phenoxy) is 3. The Morgan fingerprint density at radius 1 is 1.10 bits per heavy atom. The summed E-state index contributed by atoms with van der Waals surface area (Å²) in [7, 11) is 3.02. The van der Waals surface area contributed by atoms with Gasteiger partial charge in [0.25, 0.3) is 0 Å². The number of hydrogen-bond acceptors (Lipinski definition) is 9. The number of nitrogens with zero attached hydrogens (tertiary/aromatic N) is 7. The number of benzene rings is 2. The van der Waals surface area contributed by atoms with Gasteiger partial charge >= 0.3 is 12.0 Å². The van der Waals surface area contributed by atoms with E-state index in [9.17, 15) is 9.18 Å². The molecule has 216 valence electrons. The average molecular weight is 592 g/mol. The summed E-state index contributed by atoms with van der Waals surface area (Å²) in [6.07, 6.45) is 3.52. The molecule has 1 aliphatic heterocycles. The third-order valence-electron chi connectivity index (χ3n) is 7.00. The highest BCUT2D eigenvalue weighted by Gasteiger charge is 2.25. The van der Waals surface area contributed by atoms with Crippen LogP contribution in [-0.2, 0) is 42.3 Å². The van der Waals surface area contributed by atoms with Crippen molar-refractivity contribution in [2.75, 3.05) is 20.8 Å². The highest BCUT2D eigenvalue weighted by molar-refractivity contribution is 6.30. The summed E-state index contributed by atoms with van der Waals surface area (Å²) in [5, 5.41) is 5.07. The van der Waals surface area contributed by atoms with Gasteiger partial charge in [0.1, 0.15) is 18.2 Å². The average Bonchev–Trinajstić information content (AvgIpc) is 3.66. The molecule has 11 nitrogen and oxygen atoms in total. The minimum absolute atomic E-state index is 0.0316. The molecule has 5 aromatic rings. The predicted octanol–water partition coefficient (Wildman–Crippen LogP) is 4.33. The summed E-state index contributed by atoms with van der Waals surface area (Å²) in [6, 6.07) is 11.6. The summed E-state index contributed by atoms with van der Waals surface area (Å²) in [6.45, 7) is 2.98. The molecule has 0 aliphatic carbocycles. The van der Waals surface area contributed by atoms with Crippen molar-refractivity contribution < 1.29 is 23.4 Å². The normalized spacial score (nSPS) is 13.0. The van der Waals surface area contributed by atoms with Crippen molar-refractivity contribution in [1.82, 2.24) is 34.2 Å². The fraction of sp³-hybridized carbons (Fsp3) is 0.276. The van der Waals surface area contributed by atoms with E-state index in [2.05, 4.69) is 19.4 Å². The lowest BCUT2D eigenvalue weighted by Crippen LogP contribution is -2.20. The number of fused-ring (bicyclic) bond motifs is 2. The zero-order chi connectivity index (χ0) is 29.2. The van der Waals surface area contributed by atoms with Crippen molar-refractivity contribution in [3.63, 3.8) is 0 Å². The van der Waals surface area contributed by atoms with Crippen LogP contribution < -0.4 is 4.74 Å². The molecule has 0 saturated carbocycles. The smallest absolute Gasteiger partial charge is 0.337 e. The molecule has 0 atom stereocenters. The molecule has 42 heavy (non-hydrogen) atoms. The van der Waals surface area contributed by atoms with E-state index < -0.39 is 11.8 Å². The summed E-state index contributed by atoms with van der Waals surface area (Å²) in [5.74, 6) is 0.571. The van der Waals surface area contributed by atoms with Gasteiger partial charge in [-0.3, -0.25) is 4.90 Å². The van der Waals surface area contributed by atoms with E-state index >= 15 is 0 Å². The second-order valence-corrected chi connectivity index (χ2v) is 10.2. The van der Waals surface area contributed by atoms with Crippen LogP contribution in [0, 0.1) is 5.82 Å². The van der Waals surface area contributed by atoms with Gasteiger partial charge in [0.05, 0.1) is 42.6 Å². The monoisotopic (exact) mass is 591 g/mol. The van der Waals surface area contributed by atoms with Gasteiger partial charge in [-0.15, -0.1) is 0 Å². The summed E-state index contributed by atoms with van der Waals surface area (Å²) < 4.78 is 33.7. The van der Waals surface area contributed by atoms with E-state index in [1.807, 2.05) is 18.3 Å². The number of carbonyl (C=O) groups excluding carboxylic acids is 1. The van der Waals surface area contributed by atoms with E-state index in [1.165, 1.54) is 13.2 Å². The van der Waals surface area contributed by atoms with Crippen molar-refractivity contribution >= 4 is 28.6 Å². The Balaban J connectivity index is 1.15. The molecular formula is C29H27ClFN7O4. The van der Waals surface area contributed by atoms with Crippen LogP contribution in [0.5, 0.6) is 6.01 Å². The first-order chi connectivity index (χ1) is 20.4. The number of esters is 1. The van der Waals surface area contributed by atoms with Crippen molar-refractivity contribution in [1.29, 1.82) is 0 Å². The van der Waals surface area contributed by atoms with Crippen LogP contribution in [0.25, 0.3) is 16.9 Å². The second kappa shape index (κ2) is 11.8. The van der Waals surface area contributed by atoms with Crippen LogP contribution in [0.4, 0.5) is 4.39 Å². The van der Waals surface area contributed by atoms with Crippen LogP contribution in [0.3, 0.4) is 0 Å². The quantitative estimate of drug-likeness (QED) is 0.219. The van der Waals surface area contributed by atoms with Gasteiger partial charge in [-0.05, 0) is 30.3 Å². The Labute approximate surface area is 245 Å². The van der Waals surface area contributed by atoms with Gasteiger partial charge in [-0.2, -0.15) is 10.1 Å². The van der Waals surface area contributed by atoms with Gasteiger partial charge in [0, 0.05) is 61.4 Å². The number of methoxy groups -OCH3 is 2. The maximum absolute atomic E-state index is 14.1. The molecule has 1 aliphatic rings. The Morgan fingerprint density at radius 3 is 2.76 bits per heavy atom. The topological polar surface area (TPSA) is 109 Å². The zero-order valence-electron chi connectivity index (χ0n) is 23.0. The van der Waals surface area contributed by atoms with Crippen molar-refractivity contribution in [3.05, 3.63) is 93.9 Å². The lowest BCUT2D eigenvalue weighted by atomic mass is 10.2. The molecule has 6 rings (SSSR count). The Bertz CT molecular complexity index is 1750. The number of hydrogen-bond donors (Lipinski definition) is 0. The molecule has 0 spiro atoms. The van der Waals surface area contributed by atoms with Crippen LogP contribution in [-0.4, -0.2) is 61.0 Å². The Hall–Kier alpha value is -4.39. The highest BCUT2D eigenvalue weighted by Crippen LogP contribution is 2.26. The van der Waals surface area contributed by atoms with E-state index in [-0.39, 0.29) is 12.6 Å². The first kappa shape index (κ1) is 27.8. The number of carbonyl (C=O) groups is 1. The first-order valence-electron chi connectivity index (χ1n) is 13.2. The molecule has 4 heterocycles. The minimum atomic E-state index is -0.452. The SMILES string of the molecule is COCCn1c(CN2Cc3cn(-c4ccnc(OCc5ccc(Cl)cc5F)n4)nc3C2)nc2ccc(C(=O)OC)cc21. The number of rotatable bonds is 10. The van der Waals surface area contributed by atoms with E-state index in [0.29, 0.717) is 54.8 Å². The second-order valence-electron chi connectivity index (χ2n) is 9.78. The first-order valence-corrected chi connectivity index (χ1v) is 13.6. The highest BCUT2D eigenvalue weighted by atomic mass is 35.5. The standard InChI is InChI=1S/C29H27ClFN7O4/c1-40-10-9-37-25-11-18(28(39)41-2)4-6-23(25)33-27(37)16-36-13-20-14-38(35-24(20)15-36)26-7-8-32-29(34-26)42-17-19-3-5-21(30)12-22(19)31/h3-8,11-12,14H,9-10,13,15-17H2,1-2H3. The maximum Gasteiger partial charge on any atom is 0.337 e. The van der Waals surface area contributed by atoms with Gasteiger partial charge < -0.3 is 18.8 Å². The molecule has 0 unspecified atom stereocenters. The van der Waals surface area contributed by atoms with Crippen molar-refractivity contribution in [3.8, 4) is 11.8 Å². The largest absolute Gasteiger partial charge is 0.465 e. The Kier molecular flexibility index (Phi) is 7.83. The molecule has 0 bridgehead atoms. The van der Waals surface area contributed by atoms with Crippen LogP contribution in [0.15, 0.2) is 54.9 Å². The molecule has 0 amide bonds. The predicted molar refractivity (Wildman–Crippen MR) is 151 cm³/mol. The molecule has 0 N–H and O–H groups in total. The van der Waals surface area contributed by atoms with E-state index in [0.717, 1.165) is 28.1 Å². The van der Waals surface area contributed by atoms with Gasteiger partial charge in [0.2, 0.25) is 0 Å². The van der Waals surface area contributed by atoms with Gasteiger partial charge in [-0.1, -0.05) is 17.7 Å². The summed E-state index contributed by atoms with van der Waals surface area (Å²) in [4.78, 5) is 27.8. The molecule has 0 radical (unpaired) electrons. The lowest BCUT2D eigenvalue weighted by Gasteiger charge is -2.16. The van der Waals surface area contributed by atoms with Crippen LogP contribution in [0.1, 0.15) is 33.0 Å². The van der Waals surface area contributed by atoms with Crippen molar-refractivity contribution in [2.24, 2.45) is 0 Å². The number of imidazole rings is 1. The molecule has 0 saturated heterocycles. The zero-order valence-corrected chi connectivity index (χ0v) is 23.7. The molecule has 13 heteroatoms. The maximum atomic E-state index is 14.1. The Morgan fingerprint density at radius 2 is 1.98 bits per heavy atom. The summed E-state index contributed by atoms with van der Waals surface area (Å²) in [5.41, 5.74) is 4.50. The molecule has 3 aromatic heterocycles. The van der Waals surface area contributed by atoms with E-state index in [4.69, 9.17) is 35.9 Å². The van der Waals surface area contributed by atoms with E-state index in [1.54, 1.807) is 42.3 Å². The minimum Gasteiger partial charge on any atom is -0.465 e. The molecular weight excluding hydrogens is 565 g/mol. The van der Waals surface area contributed by atoms with Gasteiger partial charge in [-0.25, -0.2) is 23.8 Å². The number of halogens is 2. The third kappa shape index (κ3) is 5.69.